The zero-order chi connectivity index (χ0) is 31.3. The first-order chi connectivity index (χ1) is 23.2. The van der Waals surface area contributed by atoms with E-state index >= 15 is 0 Å². The summed E-state index contributed by atoms with van der Waals surface area (Å²) in [4.78, 5) is 2.40. The number of rotatable bonds is 5. The Kier molecular flexibility index (Phi) is 6.53. The highest BCUT2D eigenvalue weighted by molar-refractivity contribution is 6.06. The van der Waals surface area contributed by atoms with Gasteiger partial charge in [0.2, 0.25) is 0 Å². The number of allylic oxidation sites excluding steroid dienone is 3. The lowest BCUT2D eigenvalue weighted by atomic mass is 9.82. The Morgan fingerprint density at radius 2 is 1.15 bits per heavy atom. The second kappa shape index (κ2) is 11.2. The average molecular weight is 604 g/mol. The fraction of sp³-hybridized carbons (Fsp3) is 0.0667. The maximum absolute atomic E-state index is 6.08. The molecule has 0 amide bonds. The number of nitrogens with zero attached hydrogens (tertiary/aromatic N) is 1. The topological polar surface area (TPSA) is 16.4 Å². The normalized spacial score (nSPS) is 16.2. The van der Waals surface area contributed by atoms with Crippen molar-refractivity contribution in [1.29, 1.82) is 0 Å². The third-order valence-corrected chi connectivity index (χ3v) is 9.72. The molecule has 7 aromatic carbocycles. The highest BCUT2D eigenvalue weighted by atomic mass is 16.3. The second-order valence-corrected chi connectivity index (χ2v) is 12.7. The number of para-hydroxylation sites is 1. The maximum Gasteiger partial charge on any atom is 0.135 e. The minimum atomic E-state index is 0.318. The van der Waals surface area contributed by atoms with E-state index in [9.17, 15) is 0 Å². The Morgan fingerprint density at radius 3 is 1.94 bits per heavy atom. The van der Waals surface area contributed by atoms with Gasteiger partial charge in [-0.1, -0.05) is 128 Å². The fourth-order valence-electron chi connectivity index (χ4n) is 7.26. The monoisotopic (exact) mass is 603 g/mol. The molecule has 1 heterocycles. The Labute approximate surface area is 274 Å². The van der Waals surface area contributed by atoms with E-state index in [1.807, 2.05) is 12.1 Å². The molecule has 0 N–H and O–H groups in total. The molecule has 224 valence electrons. The van der Waals surface area contributed by atoms with E-state index in [1.165, 1.54) is 43.9 Å². The van der Waals surface area contributed by atoms with Crippen molar-refractivity contribution in [3.63, 3.8) is 0 Å². The molecule has 47 heavy (non-hydrogen) atoms. The van der Waals surface area contributed by atoms with E-state index < -0.39 is 0 Å². The van der Waals surface area contributed by atoms with Gasteiger partial charge in [-0.05, 0) is 92.7 Å². The predicted octanol–water partition coefficient (Wildman–Crippen LogP) is 12.6. The van der Waals surface area contributed by atoms with Crippen LogP contribution in [0, 0.1) is 5.92 Å². The van der Waals surface area contributed by atoms with Crippen molar-refractivity contribution in [2.75, 3.05) is 4.90 Å². The van der Waals surface area contributed by atoms with Gasteiger partial charge in [0.25, 0.3) is 0 Å². The smallest absolute Gasteiger partial charge is 0.135 e. The van der Waals surface area contributed by atoms with Gasteiger partial charge < -0.3 is 9.32 Å². The van der Waals surface area contributed by atoms with Gasteiger partial charge in [0.05, 0.1) is 0 Å². The summed E-state index contributed by atoms with van der Waals surface area (Å²) < 4.78 is 6.08. The Bertz CT molecular complexity index is 2500. The van der Waals surface area contributed by atoms with E-state index in [4.69, 9.17) is 4.42 Å². The molecule has 2 unspecified atom stereocenters. The van der Waals surface area contributed by atoms with Crippen molar-refractivity contribution < 1.29 is 4.42 Å². The van der Waals surface area contributed by atoms with Crippen molar-refractivity contribution in [3.05, 3.63) is 181 Å². The molecule has 8 aromatic rings. The van der Waals surface area contributed by atoms with Gasteiger partial charge >= 0.3 is 0 Å². The first-order valence-electron chi connectivity index (χ1n) is 16.4. The van der Waals surface area contributed by atoms with Gasteiger partial charge in [-0.15, -0.1) is 0 Å². The molecule has 0 aliphatic heterocycles. The van der Waals surface area contributed by atoms with E-state index in [1.54, 1.807) is 0 Å². The van der Waals surface area contributed by atoms with Crippen molar-refractivity contribution >= 4 is 54.9 Å². The average Bonchev–Trinajstić information content (AvgIpc) is 3.50. The fourth-order valence-corrected chi connectivity index (χ4v) is 7.26. The van der Waals surface area contributed by atoms with E-state index in [2.05, 4.69) is 170 Å². The first kappa shape index (κ1) is 27.5. The summed E-state index contributed by atoms with van der Waals surface area (Å²) in [6.07, 6.45) is 7.12. The van der Waals surface area contributed by atoms with Gasteiger partial charge in [-0.3, -0.25) is 0 Å². The number of hydrogen-bond donors (Lipinski definition) is 0. The molecule has 1 aromatic heterocycles. The van der Waals surface area contributed by atoms with Crippen LogP contribution in [-0.2, 0) is 0 Å². The van der Waals surface area contributed by atoms with E-state index in [0.717, 1.165) is 33.3 Å². The molecule has 2 heteroatoms. The highest BCUT2D eigenvalue weighted by Gasteiger charge is 2.23. The molecule has 1 aliphatic rings. The Hall–Kier alpha value is -5.86. The molecular formula is C45H33NO. The first-order valence-corrected chi connectivity index (χ1v) is 16.4. The molecule has 1 aliphatic carbocycles. The summed E-state index contributed by atoms with van der Waals surface area (Å²) in [5.41, 5.74) is 9.01. The molecule has 2 atom stereocenters. The summed E-state index contributed by atoms with van der Waals surface area (Å²) in [5, 5.41) is 7.34. The summed E-state index contributed by atoms with van der Waals surface area (Å²) >= 11 is 0. The van der Waals surface area contributed by atoms with Crippen LogP contribution in [0.15, 0.2) is 180 Å². The van der Waals surface area contributed by atoms with Crippen LogP contribution in [0.5, 0.6) is 0 Å². The van der Waals surface area contributed by atoms with Crippen LogP contribution < -0.4 is 4.90 Å². The zero-order valence-electron chi connectivity index (χ0n) is 26.2. The molecule has 0 saturated heterocycles. The minimum Gasteiger partial charge on any atom is -0.456 e. The Balaban J connectivity index is 1.09. The lowest BCUT2D eigenvalue weighted by molar-refractivity contribution is 0.629. The maximum atomic E-state index is 6.08. The molecule has 9 rings (SSSR count). The largest absolute Gasteiger partial charge is 0.456 e. The molecule has 0 spiro atoms. The van der Waals surface area contributed by atoms with Crippen LogP contribution in [-0.4, -0.2) is 0 Å². The number of anilines is 2. The van der Waals surface area contributed by atoms with Crippen LogP contribution >= 0.6 is 0 Å². The number of fused-ring (bicyclic) bond motifs is 5. The third kappa shape index (κ3) is 4.90. The zero-order valence-corrected chi connectivity index (χ0v) is 26.2. The lowest BCUT2D eigenvalue weighted by Crippen LogP contribution is -2.20. The molecule has 0 radical (unpaired) electrons. The van der Waals surface area contributed by atoms with Crippen LogP contribution in [0.25, 0.3) is 54.6 Å². The van der Waals surface area contributed by atoms with Crippen molar-refractivity contribution in [2.45, 2.75) is 12.8 Å². The van der Waals surface area contributed by atoms with E-state index in [-0.39, 0.29) is 0 Å². The second-order valence-electron chi connectivity index (χ2n) is 12.7. The predicted molar refractivity (Wildman–Crippen MR) is 198 cm³/mol. The van der Waals surface area contributed by atoms with Crippen molar-refractivity contribution in [3.8, 4) is 11.1 Å². The SMILES string of the molecule is CC1C=C(N(c2ccc(-c3ccc4oc5ccccc5c4c3)cc2)c2ccc3ccccc3c2)C=CC1c1ccc2ccccc2c1. The standard InChI is InChI=1S/C45H33NO/c1-30-26-39(23-24-41(30)37-15-14-31-8-2-4-10-34(31)27-37)46(40-22-18-32-9-3-5-11-35(32)28-40)38-20-16-33(17-21-38)36-19-25-45-43(29-36)42-12-6-7-13-44(42)47-45/h2-30,41H,1H3. The van der Waals surface area contributed by atoms with Gasteiger partial charge in [0.1, 0.15) is 11.2 Å². The van der Waals surface area contributed by atoms with Crippen LogP contribution in [0.2, 0.25) is 0 Å². The summed E-state index contributed by atoms with van der Waals surface area (Å²) in [5.74, 6) is 0.646. The Morgan fingerprint density at radius 1 is 0.511 bits per heavy atom. The summed E-state index contributed by atoms with van der Waals surface area (Å²) in [6.45, 7) is 2.33. The van der Waals surface area contributed by atoms with Crippen molar-refractivity contribution in [1.82, 2.24) is 0 Å². The summed E-state index contributed by atoms with van der Waals surface area (Å²) in [6, 6.07) is 54.6. The highest BCUT2D eigenvalue weighted by Crippen LogP contribution is 2.40. The number of benzene rings is 7. The van der Waals surface area contributed by atoms with Crippen molar-refractivity contribution in [2.24, 2.45) is 5.92 Å². The molecule has 0 bridgehead atoms. The summed E-state index contributed by atoms with van der Waals surface area (Å²) in [7, 11) is 0. The number of hydrogen-bond acceptors (Lipinski definition) is 2. The minimum absolute atomic E-state index is 0.318. The molecule has 0 fully saturated rings. The van der Waals surface area contributed by atoms with E-state index in [0.29, 0.717) is 11.8 Å². The number of furan rings is 1. The van der Waals surface area contributed by atoms with Gasteiger partial charge in [0.15, 0.2) is 0 Å². The molecular weight excluding hydrogens is 571 g/mol. The van der Waals surface area contributed by atoms with Gasteiger partial charge in [-0.25, -0.2) is 0 Å². The lowest BCUT2D eigenvalue weighted by Gasteiger charge is -2.32. The molecule has 0 saturated carbocycles. The third-order valence-electron chi connectivity index (χ3n) is 9.72. The van der Waals surface area contributed by atoms with Crippen LogP contribution in [0.3, 0.4) is 0 Å². The molecule has 2 nitrogen and oxygen atoms in total. The van der Waals surface area contributed by atoms with Crippen LogP contribution in [0.4, 0.5) is 11.4 Å². The quantitative estimate of drug-likeness (QED) is 0.195. The van der Waals surface area contributed by atoms with Gasteiger partial charge in [0, 0.05) is 33.8 Å². The van der Waals surface area contributed by atoms with Gasteiger partial charge in [-0.2, -0.15) is 0 Å². The van der Waals surface area contributed by atoms with Crippen LogP contribution in [0.1, 0.15) is 18.4 Å².